The van der Waals surface area contributed by atoms with Crippen LogP contribution >= 0.6 is 0 Å². The Kier molecular flexibility index (Phi) is 3.39. The van der Waals surface area contributed by atoms with Gasteiger partial charge in [0.2, 0.25) is 11.8 Å². The van der Waals surface area contributed by atoms with Crippen LogP contribution in [0.3, 0.4) is 0 Å². The molecule has 102 valence electrons. The summed E-state index contributed by atoms with van der Waals surface area (Å²) in [5, 5.41) is 2.86. The molecule has 1 N–H and O–H groups in total. The molecule has 0 aromatic carbocycles. The molecule has 2 fully saturated rings. The Bertz CT molecular complexity index is 359. The fourth-order valence-corrected chi connectivity index (χ4v) is 2.65. The van der Waals surface area contributed by atoms with Crippen molar-refractivity contribution in [3.05, 3.63) is 0 Å². The van der Waals surface area contributed by atoms with E-state index >= 15 is 0 Å². The SMILES string of the molecule is CC(C)C1NC(=O)C(C)(C)N(CC2CCC2)C1=O. The highest BCUT2D eigenvalue weighted by Crippen LogP contribution is 2.32. The molecule has 0 aromatic heterocycles. The number of hydrogen-bond acceptors (Lipinski definition) is 2. The van der Waals surface area contributed by atoms with Crippen LogP contribution in [0.25, 0.3) is 0 Å². The van der Waals surface area contributed by atoms with Crippen molar-refractivity contribution < 1.29 is 9.59 Å². The quantitative estimate of drug-likeness (QED) is 0.828. The average Bonchev–Trinajstić information content (AvgIpc) is 2.20. The van der Waals surface area contributed by atoms with Crippen molar-refractivity contribution in [1.29, 1.82) is 0 Å². The predicted molar refractivity (Wildman–Crippen MR) is 69.9 cm³/mol. The van der Waals surface area contributed by atoms with E-state index in [0.717, 1.165) is 6.54 Å². The van der Waals surface area contributed by atoms with Gasteiger partial charge in [0.25, 0.3) is 0 Å². The van der Waals surface area contributed by atoms with E-state index in [1.54, 1.807) is 4.90 Å². The largest absolute Gasteiger partial charge is 0.342 e. The van der Waals surface area contributed by atoms with Crippen molar-refractivity contribution in [3.63, 3.8) is 0 Å². The topological polar surface area (TPSA) is 49.4 Å². The second-order valence-electron chi connectivity index (χ2n) is 6.50. The molecular weight excluding hydrogens is 228 g/mol. The number of rotatable bonds is 3. The van der Waals surface area contributed by atoms with Gasteiger partial charge >= 0.3 is 0 Å². The third kappa shape index (κ3) is 2.13. The molecule has 1 saturated heterocycles. The number of piperazine rings is 1. The maximum Gasteiger partial charge on any atom is 0.246 e. The van der Waals surface area contributed by atoms with E-state index < -0.39 is 5.54 Å². The molecule has 0 spiro atoms. The minimum absolute atomic E-state index is 0.0277. The summed E-state index contributed by atoms with van der Waals surface area (Å²) in [5.41, 5.74) is -0.710. The molecule has 1 saturated carbocycles. The maximum absolute atomic E-state index is 12.5. The van der Waals surface area contributed by atoms with Gasteiger partial charge in [0.1, 0.15) is 11.6 Å². The van der Waals surface area contributed by atoms with Gasteiger partial charge in [0, 0.05) is 6.54 Å². The van der Waals surface area contributed by atoms with Crippen LogP contribution in [-0.2, 0) is 9.59 Å². The average molecular weight is 252 g/mol. The zero-order valence-corrected chi connectivity index (χ0v) is 11.8. The molecule has 0 aromatic rings. The van der Waals surface area contributed by atoms with E-state index in [4.69, 9.17) is 0 Å². The number of carbonyl (C=O) groups excluding carboxylic acids is 2. The van der Waals surface area contributed by atoms with Gasteiger partial charge in [-0.3, -0.25) is 9.59 Å². The molecular formula is C14H24N2O2. The van der Waals surface area contributed by atoms with Crippen LogP contribution in [0, 0.1) is 11.8 Å². The molecule has 0 bridgehead atoms. The fourth-order valence-electron chi connectivity index (χ4n) is 2.65. The first-order chi connectivity index (χ1) is 8.34. The van der Waals surface area contributed by atoms with Crippen LogP contribution in [0.15, 0.2) is 0 Å². The van der Waals surface area contributed by atoms with Crippen molar-refractivity contribution in [2.75, 3.05) is 6.54 Å². The molecule has 4 heteroatoms. The van der Waals surface area contributed by atoms with Gasteiger partial charge in [-0.1, -0.05) is 20.3 Å². The fraction of sp³-hybridized carbons (Fsp3) is 0.857. The third-order valence-corrected chi connectivity index (χ3v) is 4.38. The van der Waals surface area contributed by atoms with E-state index in [0.29, 0.717) is 5.92 Å². The second kappa shape index (κ2) is 4.56. The zero-order chi connectivity index (χ0) is 13.5. The van der Waals surface area contributed by atoms with Crippen LogP contribution in [0.2, 0.25) is 0 Å². The Hall–Kier alpha value is -1.06. The lowest BCUT2D eigenvalue weighted by Gasteiger charge is -2.47. The van der Waals surface area contributed by atoms with E-state index in [1.807, 2.05) is 27.7 Å². The summed E-state index contributed by atoms with van der Waals surface area (Å²) in [5.74, 6) is 0.787. The highest BCUT2D eigenvalue weighted by atomic mass is 16.2. The summed E-state index contributed by atoms with van der Waals surface area (Å²) in [4.78, 5) is 26.5. The lowest BCUT2D eigenvalue weighted by Crippen LogP contribution is -2.70. The lowest BCUT2D eigenvalue weighted by molar-refractivity contribution is -0.158. The molecule has 1 unspecified atom stereocenters. The monoisotopic (exact) mass is 252 g/mol. The van der Waals surface area contributed by atoms with Crippen molar-refractivity contribution in [2.24, 2.45) is 11.8 Å². The first-order valence-corrected chi connectivity index (χ1v) is 6.96. The maximum atomic E-state index is 12.5. The van der Waals surface area contributed by atoms with E-state index in [-0.39, 0.29) is 23.8 Å². The summed E-state index contributed by atoms with van der Waals surface area (Å²) >= 11 is 0. The van der Waals surface area contributed by atoms with Gasteiger partial charge in [-0.2, -0.15) is 0 Å². The van der Waals surface area contributed by atoms with Crippen LogP contribution in [0.5, 0.6) is 0 Å². The Morgan fingerprint density at radius 3 is 2.39 bits per heavy atom. The van der Waals surface area contributed by atoms with Crippen LogP contribution in [-0.4, -0.2) is 34.8 Å². The zero-order valence-electron chi connectivity index (χ0n) is 11.8. The summed E-state index contributed by atoms with van der Waals surface area (Å²) in [6.07, 6.45) is 3.63. The summed E-state index contributed by atoms with van der Waals surface area (Å²) in [6.45, 7) is 8.37. The summed E-state index contributed by atoms with van der Waals surface area (Å²) in [7, 11) is 0. The van der Waals surface area contributed by atoms with Crippen molar-refractivity contribution in [2.45, 2.75) is 58.5 Å². The smallest absolute Gasteiger partial charge is 0.246 e. The van der Waals surface area contributed by atoms with Gasteiger partial charge < -0.3 is 10.2 Å². The van der Waals surface area contributed by atoms with E-state index in [2.05, 4.69) is 5.32 Å². The van der Waals surface area contributed by atoms with Crippen LogP contribution in [0.1, 0.15) is 47.0 Å². The molecule has 2 amide bonds. The van der Waals surface area contributed by atoms with E-state index in [1.165, 1.54) is 19.3 Å². The van der Waals surface area contributed by atoms with Crippen LogP contribution in [0.4, 0.5) is 0 Å². The first-order valence-electron chi connectivity index (χ1n) is 6.96. The third-order valence-electron chi connectivity index (χ3n) is 4.38. The Labute approximate surface area is 109 Å². The lowest BCUT2D eigenvalue weighted by atomic mass is 9.82. The minimum Gasteiger partial charge on any atom is -0.342 e. The molecule has 2 rings (SSSR count). The van der Waals surface area contributed by atoms with Crippen molar-refractivity contribution >= 4 is 11.8 Å². The summed E-state index contributed by atoms with van der Waals surface area (Å²) in [6, 6.07) is -0.356. The normalized spacial score (nSPS) is 28.3. The molecule has 2 aliphatic rings. The number of nitrogens with one attached hydrogen (secondary N) is 1. The molecule has 1 atom stereocenters. The molecule has 18 heavy (non-hydrogen) atoms. The summed E-state index contributed by atoms with van der Waals surface area (Å²) < 4.78 is 0. The Balaban J connectivity index is 2.19. The van der Waals surface area contributed by atoms with Gasteiger partial charge in [-0.15, -0.1) is 0 Å². The Morgan fingerprint density at radius 1 is 1.33 bits per heavy atom. The Morgan fingerprint density at radius 2 is 1.94 bits per heavy atom. The minimum atomic E-state index is -0.710. The molecule has 1 aliphatic heterocycles. The highest BCUT2D eigenvalue weighted by molar-refractivity contribution is 5.99. The number of carbonyl (C=O) groups is 2. The van der Waals surface area contributed by atoms with Gasteiger partial charge in [-0.25, -0.2) is 0 Å². The number of hydrogen-bond donors (Lipinski definition) is 1. The van der Waals surface area contributed by atoms with Crippen molar-refractivity contribution in [3.8, 4) is 0 Å². The standard InChI is InChI=1S/C14H24N2O2/c1-9(2)11-12(17)16(8-10-6-5-7-10)14(3,4)13(18)15-11/h9-11H,5-8H2,1-4H3,(H,15,18). The molecule has 4 nitrogen and oxygen atoms in total. The van der Waals surface area contributed by atoms with Crippen LogP contribution < -0.4 is 5.32 Å². The second-order valence-corrected chi connectivity index (χ2v) is 6.50. The van der Waals surface area contributed by atoms with Crippen molar-refractivity contribution in [1.82, 2.24) is 10.2 Å². The van der Waals surface area contributed by atoms with Gasteiger partial charge in [0.15, 0.2) is 0 Å². The van der Waals surface area contributed by atoms with Gasteiger partial charge in [-0.05, 0) is 38.5 Å². The van der Waals surface area contributed by atoms with Gasteiger partial charge in [0.05, 0.1) is 0 Å². The number of nitrogens with zero attached hydrogens (tertiary/aromatic N) is 1. The highest BCUT2D eigenvalue weighted by Gasteiger charge is 2.47. The number of amides is 2. The molecule has 1 aliphatic carbocycles. The molecule has 1 heterocycles. The van der Waals surface area contributed by atoms with E-state index in [9.17, 15) is 9.59 Å². The first kappa shape index (κ1) is 13.4. The molecule has 0 radical (unpaired) electrons. The predicted octanol–water partition coefficient (Wildman–Crippen LogP) is 1.55.